The minimum absolute atomic E-state index is 0.0319. The van der Waals surface area contributed by atoms with Gasteiger partial charge in [-0.25, -0.2) is 9.67 Å². The fraction of sp³-hybridized carbons (Fsp3) is 0.412. The molecule has 2 unspecified atom stereocenters. The van der Waals surface area contributed by atoms with E-state index in [0.717, 1.165) is 17.7 Å². The molecule has 4 rings (SSSR count). The number of hydrogen-bond acceptors (Lipinski definition) is 4. The van der Waals surface area contributed by atoms with E-state index in [0.29, 0.717) is 12.4 Å². The zero-order valence-corrected chi connectivity index (χ0v) is 12.7. The third-order valence-electron chi connectivity index (χ3n) is 4.54. The van der Waals surface area contributed by atoms with Gasteiger partial charge in [-0.1, -0.05) is 44.2 Å². The second kappa shape index (κ2) is 4.60. The van der Waals surface area contributed by atoms with Crippen LogP contribution in [-0.4, -0.2) is 26.3 Å². The third-order valence-corrected chi connectivity index (χ3v) is 4.54. The molecular weight excluding hydrogens is 276 g/mol. The number of carbonyl (C=O) groups is 1. The number of benzene rings is 1. The SMILES string of the molecule is CC1(C)CC(=O)C2C(=Nc3ncnn3C2c2ccccc2)C1. The Hall–Kier alpha value is -2.30. The van der Waals surface area contributed by atoms with Crippen molar-refractivity contribution in [2.45, 2.75) is 32.7 Å². The smallest absolute Gasteiger partial charge is 0.248 e. The average molecular weight is 294 g/mol. The number of nitrogens with zero attached hydrogens (tertiary/aromatic N) is 4. The Morgan fingerprint density at radius 2 is 1.95 bits per heavy atom. The van der Waals surface area contributed by atoms with Crippen molar-refractivity contribution in [3.63, 3.8) is 0 Å². The van der Waals surface area contributed by atoms with Crippen LogP contribution in [0.5, 0.6) is 0 Å². The first kappa shape index (κ1) is 13.4. The van der Waals surface area contributed by atoms with E-state index >= 15 is 0 Å². The van der Waals surface area contributed by atoms with Crippen molar-refractivity contribution in [1.29, 1.82) is 0 Å². The molecule has 1 saturated carbocycles. The highest BCUT2D eigenvalue weighted by Gasteiger charge is 2.46. The van der Waals surface area contributed by atoms with Gasteiger partial charge in [0.05, 0.1) is 12.0 Å². The average Bonchev–Trinajstić information content (AvgIpc) is 2.92. The minimum Gasteiger partial charge on any atom is -0.299 e. The number of rotatable bonds is 1. The summed E-state index contributed by atoms with van der Waals surface area (Å²) in [5, 5.41) is 4.32. The molecule has 2 heterocycles. The van der Waals surface area contributed by atoms with E-state index in [1.54, 1.807) is 4.68 Å². The maximum absolute atomic E-state index is 12.8. The highest BCUT2D eigenvalue weighted by atomic mass is 16.1. The van der Waals surface area contributed by atoms with E-state index in [9.17, 15) is 4.79 Å². The molecule has 22 heavy (non-hydrogen) atoms. The lowest BCUT2D eigenvalue weighted by Crippen LogP contribution is -2.44. The summed E-state index contributed by atoms with van der Waals surface area (Å²) in [6.07, 6.45) is 2.94. The van der Waals surface area contributed by atoms with Crippen LogP contribution < -0.4 is 0 Å². The van der Waals surface area contributed by atoms with Crippen LogP contribution in [0.4, 0.5) is 5.95 Å². The van der Waals surface area contributed by atoms with Gasteiger partial charge in [0.15, 0.2) is 0 Å². The molecule has 5 heteroatoms. The summed E-state index contributed by atoms with van der Waals surface area (Å²) in [4.78, 5) is 21.7. The number of Topliss-reactive ketones (excluding diaryl/α,β-unsaturated/α-hetero) is 1. The number of ketones is 1. The Labute approximate surface area is 129 Å². The molecule has 2 aromatic rings. The van der Waals surface area contributed by atoms with Crippen molar-refractivity contribution in [2.75, 3.05) is 0 Å². The summed E-state index contributed by atoms with van der Waals surface area (Å²) in [7, 11) is 0. The van der Waals surface area contributed by atoms with E-state index in [1.165, 1.54) is 6.33 Å². The maximum atomic E-state index is 12.8. The van der Waals surface area contributed by atoms with Crippen LogP contribution in [0.15, 0.2) is 41.7 Å². The van der Waals surface area contributed by atoms with Crippen molar-refractivity contribution >= 4 is 17.4 Å². The molecule has 0 saturated heterocycles. The molecule has 112 valence electrons. The lowest BCUT2D eigenvalue weighted by molar-refractivity contribution is -0.124. The van der Waals surface area contributed by atoms with E-state index < -0.39 is 0 Å². The van der Waals surface area contributed by atoms with Crippen LogP contribution in [0.25, 0.3) is 0 Å². The molecule has 1 aromatic carbocycles. The van der Waals surface area contributed by atoms with Gasteiger partial charge in [-0.3, -0.25) is 4.79 Å². The van der Waals surface area contributed by atoms with Gasteiger partial charge in [-0.15, -0.1) is 0 Å². The Kier molecular flexibility index (Phi) is 2.79. The lowest BCUT2D eigenvalue weighted by Gasteiger charge is -2.40. The van der Waals surface area contributed by atoms with Crippen LogP contribution >= 0.6 is 0 Å². The van der Waals surface area contributed by atoms with Gasteiger partial charge >= 0.3 is 0 Å². The molecule has 5 nitrogen and oxygen atoms in total. The molecule has 0 radical (unpaired) electrons. The van der Waals surface area contributed by atoms with E-state index in [1.807, 2.05) is 30.3 Å². The van der Waals surface area contributed by atoms with Crippen LogP contribution in [0, 0.1) is 11.3 Å². The second-order valence-electron chi connectivity index (χ2n) is 6.93. The number of carbonyl (C=O) groups excluding carboxylic acids is 1. The summed E-state index contributed by atoms with van der Waals surface area (Å²) in [6, 6.07) is 9.94. The van der Waals surface area contributed by atoms with Gasteiger partial charge in [0.1, 0.15) is 12.1 Å². The maximum Gasteiger partial charge on any atom is 0.248 e. The first-order chi connectivity index (χ1) is 10.6. The van der Waals surface area contributed by atoms with Crippen LogP contribution in [0.2, 0.25) is 0 Å². The number of fused-ring (bicyclic) bond motifs is 2. The van der Waals surface area contributed by atoms with Gasteiger partial charge in [0, 0.05) is 12.1 Å². The Morgan fingerprint density at radius 3 is 2.73 bits per heavy atom. The molecule has 0 N–H and O–H groups in total. The lowest BCUT2D eigenvalue weighted by atomic mass is 9.67. The van der Waals surface area contributed by atoms with Gasteiger partial charge in [0.2, 0.25) is 5.95 Å². The highest BCUT2D eigenvalue weighted by Crippen LogP contribution is 2.44. The Balaban J connectivity index is 1.88. The van der Waals surface area contributed by atoms with Gasteiger partial charge < -0.3 is 0 Å². The number of hydrogen-bond donors (Lipinski definition) is 0. The predicted molar refractivity (Wildman–Crippen MR) is 83.2 cm³/mol. The van der Waals surface area contributed by atoms with Crippen molar-refractivity contribution in [2.24, 2.45) is 16.3 Å². The van der Waals surface area contributed by atoms with Gasteiger partial charge in [-0.05, 0) is 17.4 Å². The molecular formula is C17H18N4O. The molecule has 1 aliphatic heterocycles. The summed E-state index contributed by atoms with van der Waals surface area (Å²) in [5.74, 6) is 0.639. The van der Waals surface area contributed by atoms with E-state index in [2.05, 4.69) is 28.9 Å². The fourth-order valence-corrected chi connectivity index (χ4v) is 3.67. The molecule has 0 bridgehead atoms. The molecule has 1 aromatic heterocycles. The molecule has 2 atom stereocenters. The molecule has 2 aliphatic rings. The van der Waals surface area contributed by atoms with Crippen LogP contribution in [0.3, 0.4) is 0 Å². The first-order valence-corrected chi connectivity index (χ1v) is 7.60. The van der Waals surface area contributed by atoms with Crippen LogP contribution in [0.1, 0.15) is 38.3 Å². The zero-order valence-electron chi connectivity index (χ0n) is 12.7. The number of aromatic nitrogens is 3. The fourth-order valence-electron chi connectivity index (χ4n) is 3.67. The van der Waals surface area contributed by atoms with Crippen molar-refractivity contribution in [3.8, 4) is 0 Å². The summed E-state index contributed by atoms with van der Waals surface area (Å²) >= 11 is 0. The standard InChI is InChI=1S/C17H18N4O/c1-17(2)8-12-14(13(22)9-17)15(11-6-4-3-5-7-11)21-16(20-12)18-10-19-21/h3-7,10,14-15H,8-9H2,1-2H3. The normalized spacial score (nSPS) is 26.1. The van der Waals surface area contributed by atoms with Crippen molar-refractivity contribution < 1.29 is 4.79 Å². The molecule has 0 amide bonds. The van der Waals surface area contributed by atoms with Crippen molar-refractivity contribution in [1.82, 2.24) is 14.8 Å². The molecule has 0 spiro atoms. The first-order valence-electron chi connectivity index (χ1n) is 7.60. The Morgan fingerprint density at radius 1 is 1.18 bits per heavy atom. The predicted octanol–water partition coefficient (Wildman–Crippen LogP) is 2.96. The summed E-state index contributed by atoms with van der Waals surface area (Å²) in [5.41, 5.74) is 2.01. The van der Waals surface area contributed by atoms with E-state index in [-0.39, 0.29) is 23.2 Å². The largest absolute Gasteiger partial charge is 0.299 e. The third kappa shape index (κ3) is 2.00. The van der Waals surface area contributed by atoms with Gasteiger partial charge in [0.25, 0.3) is 0 Å². The van der Waals surface area contributed by atoms with Crippen molar-refractivity contribution in [3.05, 3.63) is 42.2 Å². The van der Waals surface area contributed by atoms with E-state index in [4.69, 9.17) is 0 Å². The number of aliphatic imine (C=N–C) groups is 1. The summed E-state index contributed by atoms with van der Waals surface area (Å²) < 4.78 is 1.79. The monoisotopic (exact) mass is 294 g/mol. The van der Waals surface area contributed by atoms with Crippen LogP contribution in [-0.2, 0) is 4.79 Å². The summed E-state index contributed by atoms with van der Waals surface area (Å²) in [6.45, 7) is 4.25. The molecule has 1 fully saturated rings. The minimum atomic E-state index is -0.218. The topological polar surface area (TPSA) is 60.1 Å². The van der Waals surface area contributed by atoms with Gasteiger partial charge in [-0.2, -0.15) is 10.1 Å². The second-order valence-corrected chi connectivity index (χ2v) is 6.93. The Bertz CT molecular complexity index is 760. The zero-order chi connectivity index (χ0) is 15.3. The molecule has 1 aliphatic carbocycles. The quantitative estimate of drug-likeness (QED) is 0.812. The highest BCUT2D eigenvalue weighted by molar-refractivity contribution is 6.09.